The summed E-state index contributed by atoms with van der Waals surface area (Å²) >= 11 is 0. The summed E-state index contributed by atoms with van der Waals surface area (Å²) in [7, 11) is -2.10. The van der Waals surface area contributed by atoms with Crippen molar-refractivity contribution in [3.8, 4) is 6.07 Å². The zero-order valence-electron chi connectivity index (χ0n) is 8.10. The van der Waals surface area contributed by atoms with Gasteiger partial charge in [0.25, 0.3) is 10.1 Å². The Balaban J connectivity index is 3.77. The number of ether oxygens (including phenoxy) is 2. The SMILES string of the molecule is COCCOCC(C#N)OS(C)(=O)=O. The number of methoxy groups -OCH3 is 1. The number of nitrogens with zero attached hydrogens (tertiary/aromatic N) is 1. The zero-order chi connectivity index (χ0) is 11.0. The Labute approximate surface area is 83.5 Å². The fourth-order valence-corrected chi connectivity index (χ4v) is 1.15. The molecule has 0 aromatic heterocycles. The Morgan fingerprint density at radius 1 is 1.43 bits per heavy atom. The molecule has 0 rings (SSSR count). The lowest BCUT2D eigenvalue weighted by Gasteiger charge is -2.08. The predicted octanol–water partition coefficient (Wildman–Crippen LogP) is -0.482. The molecule has 0 aliphatic carbocycles. The first kappa shape index (κ1) is 13.3. The van der Waals surface area contributed by atoms with Crippen molar-refractivity contribution in [1.82, 2.24) is 0 Å². The second kappa shape index (κ2) is 6.73. The number of hydrogen-bond acceptors (Lipinski definition) is 6. The normalized spacial score (nSPS) is 13.5. The summed E-state index contributed by atoms with van der Waals surface area (Å²) in [5.74, 6) is 0. The van der Waals surface area contributed by atoms with E-state index in [9.17, 15) is 8.42 Å². The Bertz CT molecular complexity index is 281. The van der Waals surface area contributed by atoms with Crippen LogP contribution in [-0.4, -0.2) is 47.7 Å². The molecule has 0 aromatic carbocycles. The molecule has 0 aliphatic heterocycles. The summed E-state index contributed by atoms with van der Waals surface area (Å²) in [5.41, 5.74) is 0. The van der Waals surface area contributed by atoms with E-state index in [0.29, 0.717) is 13.2 Å². The van der Waals surface area contributed by atoms with E-state index in [1.165, 1.54) is 7.11 Å². The van der Waals surface area contributed by atoms with Crippen molar-refractivity contribution in [2.75, 3.05) is 33.2 Å². The van der Waals surface area contributed by atoms with Gasteiger partial charge in [0.1, 0.15) is 0 Å². The molecule has 0 aromatic rings. The molecule has 6 nitrogen and oxygen atoms in total. The standard InChI is InChI=1S/C7H13NO5S/c1-11-3-4-12-6-7(5-8)13-14(2,9)10/h7H,3-4,6H2,1-2H3. The second-order valence-electron chi connectivity index (χ2n) is 2.49. The number of rotatable bonds is 7. The van der Waals surface area contributed by atoms with Crippen LogP contribution in [0, 0.1) is 11.3 Å². The maximum atomic E-state index is 10.6. The summed E-state index contributed by atoms with van der Waals surface area (Å²) in [6, 6.07) is 1.67. The largest absolute Gasteiger partial charge is 0.382 e. The van der Waals surface area contributed by atoms with Gasteiger partial charge in [0, 0.05) is 7.11 Å². The van der Waals surface area contributed by atoms with Crippen molar-refractivity contribution < 1.29 is 22.1 Å². The van der Waals surface area contributed by atoms with Crippen LogP contribution < -0.4 is 0 Å². The van der Waals surface area contributed by atoms with Crippen LogP contribution in [-0.2, 0) is 23.8 Å². The van der Waals surface area contributed by atoms with Gasteiger partial charge in [-0.2, -0.15) is 13.7 Å². The first-order chi connectivity index (χ1) is 6.49. The maximum Gasteiger partial charge on any atom is 0.265 e. The molecular weight excluding hydrogens is 210 g/mol. The highest BCUT2D eigenvalue weighted by molar-refractivity contribution is 7.86. The van der Waals surface area contributed by atoms with Gasteiger partial charge >= 0.3 is 0 Å². The molecule has 7 heteroatoms. The highest BCUT2D eigenvalue weighted by Gasteiger charge is 2.14. The molecule has 0 radical (unpaired) electrons. The van der Waals surface area contributed by atoms with Crippen LogP contribution in [0.4, 0.5) is 0 Å². The van der Waals surface area contributed by atoms with Crippen LogP contribution >= 0.6 is 0 Å². The molecule has 0 fully saturated rings. The smallest absolute Gasteiger partial charge is 0.265 e. The van der Waals surface area contributed by atoms with Gasteiger partial charge < -0.3 is 9.47 Å². The molecule has 1 unspecified atom stereocenters. The highest BCUT2D eigenvalue weighted by Crippen LogP contribution is 1.97. The van der Waals surface area contributed by atoms with Crippen LogP contribution in [0.15, 0.2) is 0 Å². The van der Waals surface area contributed by atoms with Crippen molar-refractivity contribution in [3.63, 3.8) is 0 Å². The zero-order valence-corrected chi connectivity index (χ0v) is 8.91. The van der Waals surface area contributed by atoms with Gasteiger partial charge in [0.05, 0.1) is 32.1 Å². The maximum absolute atomic E-state index is 10.6. The predicted molar refractivity (Wildman–Crippen MR) is 48.0 cm³/mol. The van der Waals surface area contributed by atoms with Crippen LogP contribution in [0.5, 0.6) is 0 Å². The summed E-state index contributed by atoms with van der Waals surface area (Å²) in [5, 5.41) is 8.50. The molecule has 0 saturated carbocycles. The van der Waals surface area contributed by atoms with Gasteiger partial charge in [0.2, 0.25) is 0 Å². The van der Waals surface area contributed by atoms with Crippen molar-refractivity contribution in [2.45, 2.75) is 6.10 Å². The minimum absolute atomic E-state index is 0.0903. The van der Waals surface area contributed by atoms with Crippen LogP contribution in [0.1, 0.15) is 0 Å². The molecule has 1 atom stereocenters. The second-order valence-corrected chi connectivity index (χ2v) is 4.09. The van der Waals surface area contributed by atoms with E-state index < -0.39 is 16.2 Å². The average Bonchev–Trinajstić information content (AvgIpc) is 2.08. The Morgan fingerprint density at radius 3 is 2.50 bits per heavy atom. The van der Waals surface area contributed by atoms with Gasteiger partial charge in [-0.25, -0.2) is 4.18 Å². The van der Waals surface area contributed by atoms with E-state index in [4.69, 9.17) is 14.7 Å². The van der Waals surface area contributed by atoms with Gasteiger partial charge in [0.15, 0.2) is 6.10 Å². The number of hydrogen-bond donors (Lipinski definition) is 0. The van der Waals surface area contributed by atoms with Gasteiger partial charge in [-0.1, -0.05) is 0 Å². The lowest BCUT2D eigenvalue weighted by atomic mass is 10.4. The molecule has 0 heterocycles. The van der Waals surface area contributed by atoms with E-state index in [2.05, 4.69) is 4.18 Å². The van der Waals surface area contributed by atoms with Gasteiger partial charge in [-0.15, -0.1) is 0 Å². The third-order valence-corrected chi connectivity index (χ3v) is 1.72. The minimum Gasteiger partial charge on any atom is -0.382 e. The van der Waals surface area contributed by atoms with E-state index >= 15 is 0 Å². The minimum atomic E-state index is -3.61. The van der Waals surface area contributed by atoms with Crippen LogP contribution in [0.25, 0.3) is 0 Å². The fourth-order valence-electron chi connectivity index (χ4n) is 0.630. The Hall–Kier alpha value is -0.680. The Kier molecular flexibility index (Phi) is 6.40. The van der Waals surface area contributed by atoms with Crippen molar-refractivity contribution in [2.24, 2.45) is 0 Å². The average molecular weight is 223 g/mol. The first-order valence-electron chi connectivity index (χ1n) is 3.84. The molecule has 0 N–H and O–H groups in total. The lowest BCUT2D eigenvalue weighted by molar-refractivity contribution is 0.0403. The first-order valence-corrected chi connectivity index (χ1v) is 5.66. The Morgan fingerprint density at radius 2 is 2.07 bits per heavy atom. The molecule has 0 bridgehead atoms. The molecule has 0 amide bonds. The summed E-state index contributed by atoms with van der Waals surface area (Å²) in [4.78, 5) is 0. The monoisotopic (exact) mass is 223 g/mol. The highest BCUT2D eigenvalue weighted by atomic mass is 32.2. The molecule has 0 aliphatic rings. The lowest BCUT2D eigenvalue weighted by Crippen LogP contribution is -2.22. The van der Waals surface area contributed by atoms with E-state index in [1.807, 2.05) is 0 Å². The summed E-state index contributed by atoms with van der Waals surface area (Å²) in [6.07, 6.45) is -0.214. The molecule has 0 saturated heterocycles. The number of nitriles is 1. The third-order valence-electron chi connectivity index (χ3n) is 1.14. The molecular formula is C7H13NO5S. The van der Waals surface area contributed by atoms with Crippen molar-refractivity contribution in [3.05, 3.63) is 0 Å². The van der Waals surface area contributed by atoms with E-state index in [0.717, 1.165) is 6.26 Å². The third kappa shape index (κ3) is 7.94. The fraction of sp³-hybridized carbons (Fsp3) is 0.857. The topological polar surface area (TPSA) is 85.6 Å². The molecule has 14 heavy (non-hydrogen) atoms. The van der Waals surface area contributed by atoms with Crippen molar-refractivity contribution in [1.29, 1.82) is 5.26 Å². The van der Waals surface area contributed by atoms with E-state index in [-0.39, 0.29) is 6.61 Å². The van der Waals surface area contributed by atoms with Crippen LogP contribution in [0.3, 0.4) is 0 Å². The quantitative estimate of drug-likeness (QED) is 0.428. The van der Waals surface area contributed by atoms with Gasteiger partial charge in [-0.3, -0.25) is 0 Å². The van der Waals surface area contributed by atoms with E-state index in [1.54, 1.807) is 6.07 Å². The van der Waals surface area contributed by atoms with Crippen LogP contribution in [0.2, 0.25) is 0 Å². The van der Waals surface area contributed by atoms with Crippen molar-refractivity contribution >= 4 is 10.1 Å². The summed E-state index contributed by atoms with van der Waals surface area (Å²) < 4.78 is 35.3. The summed E-state index contributed by atoms with van der Waals surface area (Å²) in [6.45, 7) is 0.589. The molecule has 0 spiro atoms. The van der Waals surface area contributed by atoms with Gasteiger partial charge in [-0.05, 0) is 0 Å². The molecule has 82 valence electrons.